The van der Waals surface area contributed by atoms with Crippen LogP contribution < -0.4 is 10.1 Å². The minimum absolute atomic E-state index is 0.173. The zero-order chi connectivity index (χ0) is 15.2. The van der Waals surface area contributed by atoms with Crippen LogP contribution in [0.25, 0.3) is 0 Å². The Bertz CT molecular complexity index is 640. The molecular formula is C17H18BrNO2. The van der Waals surface area contributed by atoms with Gasteiger partial charge in [-0.1, -0.05) is 35.0 Å². The number of carbonyl (C=O) groups is 1. The SMILES string of the molecule is CCCOc1ccc(Br)cc1C(=O)Nc1cccc(C)c1. The summed E-state index contributed by atoms with van der Waals surface area (Å²) in [7, 11) is 0. The van der Waals surface area contributed by atoms with Crippen LogP contribution in [0.15, 0.2) is 46.9 Å². The van der Waals surface area contributed by atoms with E-state index in [1.165, 1.54) is 0 Å². The van der Waals surface area contributed by atoms with Gasteiger partial charge in [0.1, 0.15) is 5.75 Å². The van der Waals surface area contributed by atoms with E-state index in [0.29, 0.717) is 17.9 Å². The molecule has 0 aliphatic heterocycles. The van der Waals surface area contributed by atoms with Crippen LogP contribution in [0.3, 0.4) is 0 Å². The maximum absolute atomic E-state index is 12.4. The number of nitrogens with one attached hydrogen (secondary N) is 1. The summed E-state index contributed by atoms with van der Waals surface area (Å²) in [4.78, 5) is 12.4. The third-order valence-electron chi connectivity index (χ3n) is 2.92. The van der Waals surface area contributed by atoms with Gasteiger partial charge in [-0.2, -0.15) is 0 Å². The van der Waals surface area contributed by atoms with Crippen molar-refractivity contribution in [1.29, 1.82) is 0 Å². The quantitative estimate of drug-likeness (QED) is 0.843. The van der Waals surface area contributed by atoms with E-state index in [9.17, 15) is 4.79 Å². The highest BCUT2D eigenvalue weighted by Crippen LogP contribution is 2.24. The lowest BCUT2D eigenvalue weighted by atomic mass is 10.1. The maximum atomic E-state index is 12.4. The Hall–Kier alpha value is -1.81. The number of rotatable bonds is 5. The third kappa shape index (κ3) is 4.33. The zero-order valence-corrected chi connectivity index (χ0v) is 13.7. The molecule has 110 valence electrons. The smallest absolute Gasteiger partial charge is 0.259 e. The molecule has 21 heavy (non-hydrogen) atoms. The number of amides is 1. The summed E-state index contributed by atoms with van der Waals surface area (Å²) >= 11 is 3.39. The van der Waals surface area contributed by atoms with E-state index in [-0.39, 0.29) is 5.91 Å². The van der Waals surface area contributed by atoms with Crippen LogP contribution in [0.1, 0.15) is 29.3 Å². The van der Waals surface area contributed by atoms with Crippen LogP contribution in [0, 0.1) is 6.92 Å². The van der Waals surface area contributed by atoms with Gasteiger partial charge in [-0.25, -0.2) is 0 Å². The van der Waals surface area contributed by atoms with Gasteiger partial charge in [0, 0.05) is 10.2 Å². The van der Waals surface area contributed by atoms with Crippen LogP contribution in [0.2, 0.25) is 0 Å². The average molecular weight is 348 g/mol. The predicted octanol–water partition coefficient (Wildman–Crippen LogP) is 4.80. The molecule has 0 radical (unpaired) electrons. The summed E-state index contributed by atoms with van der Waals surface area (Å²) in [6.07, 6.45) is 0.898. The second-order valence-corrected chi connectivity index (χ2v) is 5.73. The molecule has 1 N–H and O–H groups in total. The van der Waals surface area contributed by atoms with Crippen molar-refractivity contribution in [2.45, 2.75) is 20.3 Å². The van der Waals surface area contributed by atoms with Gasteiger partial charge in [-0.3, -0.25) is 4.79 Å². The summed E-state index contributed by atoms with van der Waals surface area (Å²) in [5, 5.41) is 2.90. The molecule has 4 heteroatoms. The van der Waals surface area contributed by atoms with E-state index >= 15 is 0 Å². The number of aryl methyl sites for hydroxylation is 1. The van der Waals surface area contributed by atoms with Gasteiger partial charge in [0.15, 0.2) is 0 Å². The fourth-order valence-corrected chi connectivity index (χ4v) is 2.30. The van der Waals surface area contributed by atoms with Crippen LogP contribution in [0.4, 0.5) is 5.69 Å². The Labute approximate surface area is 133 Å². The molecule has 0 aliphatic rings. The maximum Gasteiger partial charge on any atom is 0.259 e. The van der Waals surface area contributed by atoms with Gasteiger partial charge in [-0.15, -0.1) is 0 Å². The minimum atomic E-state index is -0.173. The van der Waals surface area contributed by atoms with E-state index in [1.54, 1.807) is 6.07 Å². The number of anilines is 1. The van der Waals surface area contributed by atoms with E-state index < -0.39 is 0 Å². The first-order valence-corrected chi connectivity index (χ1v) is 7.70. The van der Waals surface area contributed by atoms with Crippen LogP contribution in [-0.2, 0) is 0 Å². The summed E-state index contributed by atoms with van der Waals surface area (Å²) < 4.78 is 6.49. The van der Waals surface area contributed by atoms with Crippen LogP contribution in [-0.4, -0.2) is 12.5 Å². The van der Waals surface area contributed by atoms with Gasteiger partial charge < -0.3 is 10.1 Å². The topological polar surface area (TPSA) is 38.3 Å². The molecule has 0 aliphatic carbocycles. The Morgan fingerprint density at radius 2 is 2.05 bits per heavy atom. The molecule has 0 heterocycles. The molecule has 0 saturated heterocycles. The number of halogens is 1. The van der Waals surface area contributed by atoms with Crippen molar-refractivity contribution in [1.82, 2.24) is 0 Å². The molecule has 0 unspecified atom stereocenters. The Morgan fingerprint density at radius 1 is 1.24 bits per heavy atom. The molecular weight excluding hydrogens is 330 g/mol. The summed E-state index contributed by atoms with van der Waals surface area (Å²) in [6, 6.07) is 13.2. The summed E-state index contributed by atoms with van der Waals surface area (Å²) in [5.74, 6) is 0.429. The molecule has 2 rings (SSSR count). The number of benzene rings is 2. The van der Waals surface area contributed by atoms with E-state index in [1.807, 2.05) is 50.2 Å². The van der Waals surface area contributed by atoms with Crippen molar-refractivity contribution >= 4 is 27.5 Å². The lowest BCUT2D eigenvalue weighted by Crippen LogP contribution is -2.14. The molecule has 2 aromatic rings. The van der Waals surface area contributed by atoms with E-state index in [4.69, 9.17) is 4.74 Å². The second-order valence-electron chi connectivity index (χ2n) is 4.81. The van der Waals surface area contributed by atoms with Crippen LogP contribution >= 0.6 is 15.9 Å². The molecule has 2 aromatic carbocycles. The number of hydrogen-bond acceptors (Lipinski definition) is 2. The molecule has 0 aromatic heterocycles. The summed E-state index contributed by atoms with van der Waals surface area (Å²) in [6.45, 7) is 4.61. The third-order valence-corrected chi connectivity index (χ3v) is 3.42. The molecule has 0 bridgehead atoms. The highest BCUT2D eigenvalue weighted by Gasteiger charge is 2.13. The Kier molecular flexibility index (Phi) is 5.39. The lowest BCUT2D eigenvalue weighted by molar-refractivity contribution is 0.102. The van der Waals surface area contributed by atoms with Gasteiger partial charge in [-0.05, 0) is 49.2 Å². The average Bonchev–Trinajstić information content (AvgIpc) is 2.46. The largest absolute Gasteiger partial charge is 0.493 e. The molecule has 0 fully saturated rings. The van der Waals surface area contributed by atoms with Crippen molar-refractivity contribution in [3.63, 3.8) is 0 Å². The molecule has 0 spiro atoms. The fourth-order valence-electron chi connectivity index (χ4n) is 1.94. The number of carbonyl (C=O) groups excluding carboxylic acids is 1. The number of ether oxygens (including phenoxy) is 1. The van der Waals surface area contributed by atoms with Crippen molar-refractivity contribution in [2.24, 2.45) is 0 Å². The fraction of sp³-hybridized carbons (Fsp3) is 0.235. The number of hydrogen-bond donors (Lipinski definition) is 1. The highest BCUT2D eigenvalue weighted by molar-refractivity contribution is 9.10. The second kappa shape index (κ2) is 7.27. The lowest BCUT2D eigenvalue weighted by Gasteiger charge is -2.12. The molecule has 1 amide bonds. The molecule has 3 nitrogen and oxygen atoms in total. The van der Waals surface area contributed by atoms with E-state index in [0.717, 1.165) is 22.1 Å². The first-order chi connectivity index (χ1) is 10.1. The first-order valence-electron chi connectivity index (χ1n) is 6.90. The molecule has 0 saturated carbocycles. The van der Waals surface area contributed by atoms with Gasteiger partial charge in [0.25, 0.3) is 5.91 Å². The normalized spacial score (nSPS) is 10.2. The van der Waals surface area contributed by atoms with E-state index in [2.05, 4.69) is 21.2 Å². The predicted molar refractivity (Wildman–Crippen MR) is 89.1 cm³/mol. The van der Waals surface area contributed by atoms with Crippen molar-refractivity contribution in [2.75, 3.05) is 11.9 Å². The van der Waals surface area contributed by atoms with Crippen LogP contribution in [0.5, 0.6) is 5.75 Å². The van der Waals surface area contributed by atoms with Crippen molar-refractivity contribution in [3.8, 4) is 5.75 Å². The van der Waals surface area contributed by atoms with Gasteiger partial charge >= 0.3 is 0 Å². The van der Waals surface area contributed by atoms with Gasteiger partial charge in [0.2, 0.25) is 0 Å². The standard InChI is InChI=1S/C17H18BrNO2/c1-3-9-21-16-8-7-13(18)11-15(16)17(20)19-14-6-4-5-12(2)10-14/h4-8,10-11H,3,9H2,1-2H3,(H,19,20). The highest BCUT2D eigenvalue weighted by atomic mass is 79.9. The Balaban J connectivity index is 2.23. The Morgan fingerprint density at radius 3 is 2.76 bits per heavy atom. The van der Waals surface area contributed by atoms with Gasteiger partial charge in [0.05, 0.1) is 12.2 Å². The summed E-state index contributed by atoms with van der Waals surface area (Å²) in [5.41, 5.74) is 2.41. The minimum Gasteiger partial charge on any atom is -0.493 e. The monoisotopic (exact) mass is 347 g/mol. The van der Waals surface area contributed by atoms with Crippen molar-refractivity contribution in [3.05, 3.63) is 58.1 Å². The first kappa shape index (κ1) is 15.6. The zero-order valence-electron chi connectivity index (χ0n) is 12.2. The molecule has 0 atom stereocenters. The van der Waals surface area contributed by atoms with Crippen molar-refractivity contribution < 1.29 is 9.53 Å².